The number of imide groups is 1. The van der Waals surface area contributed by atoms with Crippen LogP contribution >= 0.6 is 0 Å². The number of benzene rings is 1. The lowest BCUT2D eigenvalue weighted by molar-refractivity contribution is -0.118. The van der Waals surface area contributed by atoms with Gasteiger partial charge < -0.3 is 9.64 Å². The number of hydrogen-bond donors (Lipinski definition) is 2. The summed E-state index contributed by atoms with van der Waals surface area (Å²) in [5.41, 5.74) is -0.931. The van der Waals surface area contributed by atoms with Gasteiger partial charge in [0, 0.05) is 0 Å². The number of amides is 3. The van der Waals surface area contributed by atoms with Gasteiger partial charge >= 0.3 is 6.03 Å². The fourth-order valence-corrected chi connectivity index (χ4v) is 5.24. The first-order chi connectivity index (χ1) is 14.5. The minimum absolute atomic E-state index is 0.0204. The zero-order valence-corrected chi connectivity index (χ0v) is 19.0. The molecule has 1 saturated carbocycles. The third-order valence-corrected chi connectivity index (χ3v) is 7.23. The molecule has 2 fully saturated rings. The minimum Gasteiger partial charge on any atom is -0.488 e. The molecule has 8 nitrogen and oxygen atoms in total. The van der Waals surface area contributed by atoms with Crippen molar-refractivity contribution in [1.29, 1.82) is 0 Å². The van der Waals surface area contributed by atoms with Crippen LogP contribution in [0.25, 0.3) is 0 Å². The van der Waals surface area contributed by atoms with Crippen molar-refractivity contribution in [2.24, 2.45) is 0 Å². The van der Waals surface area contributed by atoms with E-state index in [-0.39, 0.29) is 24.7 Å². The van der Waals surface area contributed by atoms with Gasteiger partial charge in [-0.1, -0.05) is 25.8 Å². The molecule has 31 heavy (non-hydrogen) atoms. The van der Waals surface area contributed by atoms with Crippen LogP contribution in [0.3, 0.4) is 0 Å². The van der Waals surface area contributed by atoms with Crippen molar-refractivity contribution in [3.63, 3.8) is 0 Å². The first kappa shape index (κ1) is 23.5. The zero-order valence-electron chi connectivity index (χ0n) is 18.2. The quantitative estimate of drug-likeness (QED) is 0.394. The number of ether oxygens (including phenoxy) is 1. The van der Waals surface area contributed by atoms with Crippen LogP contribution in [-0.4, -0.2) is 49.7 Å². The van der Waals surface area contributed by atoms with E-state index in [9.17, 15) is 22.4 Å². The Bertz CT molecular complexity index is 960. The number of sulfonamides is 1. The number of carbonyl (C=O) groups excluding carboxylic acids is 2. The highest BCUT2D eigenvalue weighted by molar-refractivity contribution is 7.89. The highest BCUT2D eigenvalue weighted by atomic mass is 32.2. The van der Waals surface area contributed by atoms with Crippen LogP contribution < -0.4 is 14.8 Å². The Labute approximate surface area is 182 Å². The third-order valence-electron chi connectivity index (χ3n) is 5.71. The average molecular weight is 456 g/mol. The zero-order chi connectivity index (χ0) is 22.9. The van der Waals surface area contributed by atoms with Crippen LogP contribution in [0.4, 0.5) is 9.18 Å². The van der Waals surface area contributed by atoms with Crippen molar-refractivity contribution in [2.45, 2.75) is 64.0 Å². The summed E-state index contributed by atoms with van der Waals surface area (Å²) in [6.45, 7) is 5.34. The molecule has 2 N–H and O–H groups in total. The van der Waals surface area contributed by atoms with Crippen molar-refractivity contribution >= 4 is 22.0 Å². The number of unbranched alkanes of at least 4 members (excludes halogenated alkanes) is 2. The first-order valence-corrected chi connectivity index (χ1v) is 12.2. The molecule has 172 valence electrons. The van der Waals surface area contributed by atoms with Gasteiger partial charge in [0.15, 0.2) is 11.6 Å². The smallest absolute Gasteiger partial charge is 0.325 e. The standard InChI is InChI=1S/C21H30FN3O5S/c1-4-5-6-11-31(28,29)24-21(9-10-21)15-7-8-16(22)17(12-15)30-14-20(2,3)25-13-18(26)23-19(25)27/h7-8,12,24H,4-6,9-11,13-14H2,1-3H3,(H,23,26,27). The van der Waals surface area contributed by atoms with Gasteiger partial charge in [0.1, 0.15) is 13.2 Å². The lowest BCUT2D eigenvalue weighted by atomic mass is 10.0. The molecule has 2 aliphatic rings. The topological polar surface area (TPSA) is 105 Å². The van der Waals surface area contributed by atoms with Crippen molar-refractivity contribution in [2.75, 3.05) is 18.9 Å². The van der Waals surface area contributed by atoms with E-state index in [1.54, 1.807) is 19.9 Å². The van der Waals surface area contributed by atoms with Gasteiger partial charge in [-0.3, -0.25) is 10.1 Å². The molecule has 0 aromatic heterocycles. The van der Waals surface area contributed by atoms with Crippen molar-refractivity contribution in [3.8, 4) is 5.75 Å². The lowest BCUT2D eigenvalue weighted by Crippen LogP contribution is -2.49. The van der Waals surface area contributed by atoms with E-state index in [2.05, 4.69) is 10.0 Å². The van der Waals surface area contributed by atoms with E-state index in [1.165, 1.54) is 17.0 Å². The second kappa shape index (κ2) is 8.74. The normalized spacial score (nSPS) is 18.3. The summed E-state index contributed by atoms with van der Waals surface area (Å²) in [6, 6.07) is 3.83. The largest absolute Gasteiger partial charge is 0.488 e. The van der Waals surface area contributed by atoms with E-state index >= 15 is 0 Å². The minimum atomic E-state index is -3.45. The fourth-order valence-electron chi connectivity index (χ4n) is 3.64. The Kier molecular flexibility index (Phi) is 6.61. The number of rotatable bonds is 11. The predicted molar refractivity (Wildman–Crippen MR) is 114 cm³/mol. The van der Waals surface area contributed by atoms with Gasteiger partial charge in [0.05, 0.1) is 16.8 Å². The monoisotopic (exact) mass is 455 g/mol. The fraction of sp³-hybridized carbons (Fsp3) is 0.619. The molecule has 1 aromatic rings. The molecule has 1 aromatic carbocycles. The van der Waals surface area contributed by atoms with Crippen LogP contribution in [0.1, 0.15) is 58.4 Å². The Morgan fingerprint density at radius 3 is 2.55 bits per heavy atom. The highest BCUT2D eigenvalue weighted by Crippen LogP contribution is 2.47. The number of hydrogen-bond acceptors (Lipinski definition) is 5. The summed E-state index contributed by atoms with van der Waals surface area (Å²) in [5, 5.41) is 2.21. The Balaban J connectivity index is 1.70. The van der Waals surface area contributed by atoms with E-state index in [0.717, 1.165) is 12.8 Å². The maximum absolute atomic E-state index is 14.4. The predicted octanol–water partition coefficient (Wildman–Crippen LogP) is 2.63. The molecule has 0 atom stereocenters. The molecular formula is C21H30FN3O5S. The average Bonchev–Trinajstić information content (AvgIpc) is 3.36. The van der Waals surface area contributed by atoms with Crippen molar-refractivity contribution in [3.05, 3.63) is 29.6 Å². The summed E-state index contributed by atoms with van der Waals surface area (Å²) < 4.78 is 47.8. The van der Waals surface area contributed by atoms with E-state index in [0.29, 0.717) is 24.8 Å². The van der Waals surface area contributed by atoms with Crippen LogP contribution in [0.5, 0.6) is 5.75 Å². The Morgan fingerprint density at radius 1 is 1.26 bits per heavy atom. The molecule has 1 saturated heterocycles. The van der Waals surface area contributed by atoms with Gasteiger partial charge in [-0.05, 0) is 50.8 Å². The number of urea groups is 1. The molecule has 3 amide bonds. The van der Waals surface area contributed by atoms with Gasteiger partial charge in [-0.2, -0.15) is 0 Å². The second-order valence-corrected chi connectivity index (χ2v) is 10.7. The first-order valence-electron chi connectivity index (χ1n) is 10.5. The SMILES string of the molecule is CCCCCS(=O)(=O)NC1(c2ccc(F)c(OCC(C)(C)N3CC(=O)NC3=O)c2)CC1. The van der Waals surface area contributed by atoms with Crippen molar-refractivity contribution in [1.82, 2.24) is 14.9 Å². The van der Waals surface area contributed by atoms with Crippen molar-refractivity contribution < 1.29 is 27.1 Å². The Morgan fingerprint density at radius 2 is 1.97 bits per heavy atom. The molecule has 1 aliphatic heterocycles. The van der Waals surface area contributed by atoms with E-state index in [1.807, 2.05) is 6.92 Å². The number of halogens is 1. The summed E-state index contributed by atoms with van der Waals surface area (Å²) in [5.74, 6) is -0.929. The molecule has 0 bridgehead atoms. The molecule has 0 unspecified atom stereocenters. The molecule has 10 heteroatoms. The van der Waals surface area contributed by atoms with Crippen LogP contribution in [0.2, 0.25) is 0 Å². The van der Waals surface area contributed by atoms with E-state index in [4.69, 9.17) is 4.74 Å². The number of nitrogens with zero attached hydrogens (tertiary/aromatic N) is 1. The van der Waals surface area contributed by atoms with E-state index < -0.39 is 38.9 Å². The number of nitrogens with one attached hydrogen (secondary N) is 2. The number of carbonyl (C=O) groups is 2. The molecular weight excluding hydrogens is 425 g/mol. The van der Waals surface area contributed by atoms with Gasteiger partial charge in [-0.15, -0.1) is 0 Å². The van der Waals surface area contributed by atoms with Crippen LogP contribution in [0, 0.1) is 5.82 Å². The maximum atomic E-state index is 14.4. The summed E-state index contributed by atoms with van der Waals surface area (Å²) in [7, 11) is -3.45. The van der Waals surface area contributed by atoms with Gasteiger partial charge in [0.2, 0.25) is 15.9 Å². The third kappa shape index (κ3) is 5.54. The van der Waals surface area contributed by atoms with Crippen LogP contribution in [0.15, 0.2) is 18.2 Å². The molecule has 1 heterocycles. The summed E-state index contributed by atoms with van der Waals surface area (Å²) >= 11 is 0. The maximum Gasteiger partial charge on any atom is 0.325 e. The molecule has 0 spiro atoms. The molecule has 0 radical (unpaired) electrons. The summed E-state index contributed by atoms with van der Waals surface area (Å²) in [6.07, 6.45) is 3.64. The highest BCUT2D eigenvalue weighted by Gasteiger charge is 2.47. The van der Waals surface area contributed by atoms with Gasteiger partial charge in [0.25, 0.3) is 0 Å². The van der Waals surface area contributed by atoms with Gasteiger partial charge in [-0.25, -0.2) is 22.3 Å². The summed E-state index contributed by atoms with van der Waals surface area (Å²) in [4.78, 5) is 24.7. The molecule has 3 rings (SSSR count). The Hall–Kier alpha value is -2.20. The second-order valence-electron chi connectivity index (χ2n) is 8.90. The van der Waals surface area contributed by atoms with Crippen LogP contribution in [-0.2, 0) is 20.4 Å². The molecule has 1 aliphatic carbocycles. The lowest BCUT2D eigenvalue weighted by Gasteiger charge is -2.33.